The van der Waals surface area contributed by atoms with Gasteiger partial charge in [-0.15, -0.1) is 0 Å². The summed E-state index contributed by atoms with van der Waals surface area (Å²) in [6, 6.07) is 3.54. The molecule has 4 nitrogen and oxygen atoms in total. The lowest BCUT2D eigenvalue weighted by Gasteiger charge is -2.30. The number of hydrogen-bond donors (Lipinski definition) is 1. The molecule has 2 amide bonds. The van der Waals surface area contributed by atoms with Crippen LogP contribution in [0.5, 0.6) is 0 Å². The number of likely N-dealkylation sites (tertiary alicyclic amines) is 1. The number of piperidine rings is 1. The fourth-order valence-corrected chi connectivity index (χ4v) is 2.55. The maximum atomic E-state index is 13.3. The SMILES string of the molecule is CC(C)(NC(=O)CN1CCCCC1=O)c1ccc(F)c(F)c1. The predicted octanol–water partition coefficient (Wildman–Crippen LogP) is 2.33. The van der Waals surface area contributed by atoms with Gasteiger partial charge >= 0.3 is 0 Å². The molecule has 6 heteroatoms. The molecule has 1 aromatic carbocycles. The van der Waals surface area contributed by atoms with Crippen LogP contribution in [-0.4, -0.2) is 29.8 Å². The quantitative estimate of drug-likeness (QED) is 0.928. The first kappa shape index (κ1) is 16.4. The van der Waals surface area contributed by atoms with Crippen molar-refractivity contribution >= 4 is 11.8 Å². The summed E-state index contributed by atoms with van der Waals surface area (Å²) in [5.74, 6) is -2.21. The Morgan fingerprint density at radius 3 is 2.64 bits per heavy atom. The molecule has 1 aromatic rings. The zero-order valence-electron chi connectivity index (χ0n) is 12.8. The van der Waals surface area contributed by atoms with Crippen LogP contribution in [0.4, 0.5) is 8.78 Å². The highest BCUT2D eigenvalue weighted by atomic mass is 19.2. The lowest BCUT2D eigenvalue weighted by Crippen LogP contribution is -2.48. The number of nitrogens with one attached hydrogen (secondary N) is 1. The van der Waals surface area contributed by atoms with Gasteiger partial charge in [0.15, 0.2) is 11.6 Å². The monoisotopic (exact) mass is 310 g/mol. The molecule has 1 N–H and O–H groups in total. The Kier molecular flexibility index (Phi) is 4.78. The van der Waals surface area contributed by atoms with Gasteiger partial charge in [0.1, 0.15) is 0 Å². The van der Waals surface area contributed by atoms with E-state index in [1.54, 1.807) is 13.8 Å². The number of halogens is 2. The van der Waals surface area contributed by atoms with Crippen LogP contribution in [-0.2, 0) is 15.1 Å². The topological polar surface area (TPSA) is 49.4 Å². The first-order chi connectivity index (χ1) is 10.3. The number of rotatable bonds is 4. The maximum absolute atomic E-state index is 13.3. The van der Waals surface area contributed by atoms with E-state index in [0.717, 1.165) is 25.0 Å². The van der Waals surface area contributed by atoms with Crippen LogP contribution in [0.15, 0.2) is 18.2 Å². The number of carbonyl (C=O) groups excluding carboxylic acids is 2. The minimum atomic E-state index is -0.953. The maximum Gasteiger partial charge on any atom is 0.240 e. The lowest BCUT2D eigenvalue weighted by atomic mass is 9.94. The highest BCUT2D eigenvalue weighted by Crippen LogP contribution is 2.22. The van der Waals surface area contributed by atoms with E-state index >= 15 is 0 Å². The number of hydrogen-bond acceptors (Lipinski definition) is 2. The summed E-state index contributed by atoms with van der Waals surface area (Å²) in [4.78, 5) is 25.4. The fourth-order valence-electron chi connectivity index (χ4n) is 2.55. The van der Waals surface area contributed by atoms with Gasteiger partial charge in [-0.2, -0.15) is 0 Å². The van der Waals surface area contributed by atoms with E-state index in [4.69, 9.17) is 0 Å². The van der Waals surface area contributed by atoms with Crippen molar-refractivity contribution in [2.45, 2.75) is 38.6 Å². The zero-order chi connectivity index (χ0) is 16.3. The van der Waals surface area contributed by atoms with Crippen molar-refractivity contribution in [3.05, 3.63) is 35.4 Å². The second-order valence-electron chi connectivity index (χ2n) is 6.07. The standard InChI is InChI=1S/C16H20F2N2O2/c1-16(2,11-6-7-12(17)13(18)9-11)19-14(21)10-20-8-4-3-5-15(20)22/h6-7,9H,3-5,8,10H2,1-2H3,(H,19,21). The molecule has 0 aliphatic carbocycles. The van der Waals surface area contributed by atoms with Crippen LogP contribution in [0.25, 0.3) is 0 Å². The molecule has 1 heterocycles. The molecule has 2 rings (SSSR count). The molecule has 1 aliphatic heterocycles. The van der Waals surface area contributed by atoms with Gasteiger partial charge in [-0.1, -0.05) is 6.07 Å². The number of benzene rings is 1. The van der Waals surface area contributed by atoms with Gasteiger partial charge in [-0.25, -0.2) is 8.78 Å². The molecular weight excluding hydrogens is 290 g/mol. The number of carbonyl (C=O) groups is 2. The molecule has 0 radical (unpaired) electrons. The summed E-state index contributed by atoms with van der Waals surface area (Å²) >= 11 is 0. The van der Waals surface area contributed by atoms with E-state index in [2.05, 4.69) is 5.32 Å². The van der Waals surface area contributed by atoms with Gasteiger partial charge in [0.05, 0.1) is 12.1 Å². The lowest BCUT2D eigenvalue weighted by molar-refractivity contribution is -0.138. The van der Waals surface area contributed by atoms with Gasteiger partial charge in [-0.3, -0.25) is 9.59 Å². The first-order valence-corrected chi connectivity index (χ1v) is 7.34. The third-order valence-corrected chi connectivity index (χ3v) is 3.85. The van der Waals surface area contributed by atoms with Crippen molar-refractivity contribution in [2.75, 3.05) is 13.1 Å². The van der Waals surface area contributed by atoms with Crippen LogP contribution in [0.1, 0.15) is 38.7 Å². The second kappa shape index (κ2) is 6.42. The van der Waals surface area contributed by atoms with Crippen molar-refractivity contribution in [1.29, 1.82) is 0 Å². The molecule has 0 saturated carbocycles. The van der Waals surface area contributed by atoms with Crippen molar-refractivity contribution in [3.63, 3.8) is 0 Å². The smallest absolute Gasteiger partial charge is 0.240 e. The third kappa shape index (κ3) is 3.81. The molecule has 1 fully saturated rings. The van der Waals surface area contributed by atoms with Crippen LogP contribution >= 0.6 is 0 Å². The van der Waals surface area contributed by atoms with E-state index in [1.807, 2.05) is 0 Å². The Labute approximate surface area is 128 Å². The Morgan fingerprint density at radius 2 is 2.00 bits per heavy atom. The minimum Gasteiger partial charge on any atom is -0.346 e. The van der Waals surface area contributed by atoms with Crippen molar-refractivity contribution in [2.24, 2.45) is 0 Å². The van der Waals surface area contributed by atoms with Gasteiger partial charge in [0.25, 0.3) is 0 Å². The number of amides is 2. The fraction of sp³-hybridized carbons (Fsp3) is 0.500. The van der Waals surface area contributed by atoms with Gasteiger partial charge in [0.2, 0.25) is 11.8 Å². The highest BCUT2D eigenvalue weighted by molar-refractivity contribution is 5.85. The Morgan fingerprint density at radius 1 is 1.27 bits per heavy atom. The molecule has 1 saturated heterocycles. The number of nitrogens with zero attached hydrogens (tertiary/aromatic N) is 1. The van der Waals surface area contributed by atoms with E-state index in [9.17, 15) is 18.4 Å². The Hall–Kier alpha value is -1.98. The van der Waals surface area contributed by atoms with E-state index < -0.39 is 17.2 Å². The molecule has 0 bridgehead atoms. The average Bonchev–Trinajstić information content (AvgIpc) is 2.43. The van der Waals surface area contributed by atoms with Gasteiger partial charge < -0.3 is 10.2 Å². The molecular formula is C16H20F2N2O2. The summed E-state index contributed by atoms with van der Waals surface area (Å²) in [5.41, 5.74) is -0.394. The normalized spacial score (nSPS) is 15.8. The molecule has 120 valence electrons. The zero-order valence-corrected chi connectivity index (χ0v) is 12.8. The molecule has 1 aliphatic rings. The van der Waals surface area contributed by atoms with Crippen molar-refractivity contribution in [1.82, 2.24) is 10.2 Å². The van der Waals surface area contributed by atoms with Crippen LogP contribution in [0.2, 0.25) is 0 Å². The minimum absolute atomic E-state index is 0.00800. The Bertz CT molecular complexity index is 588. The van der Waals surface area contributed by atoms with Crippen LogP contribution < -0.4 is 5.32 Å². The van der Waals surface area contributed by atoms with E-state index in [0.29, 0.717) is 18.5 Å². The van der Waals surface area contributed by atoms with Gasteiger partial charge in [-0.05, 0) is 44.4 Å². The van der Waals surface area contributed by atoms with Crippen LogP contribution in [0.3, 0.4) is 0 Å². The molecule has 22 heavy (non-hydrogen) atoms. The predicted molar refractivity (Wildman–Crippen MR) is 78.0 cm³/mol. The summed E-state index contributed by atoms with van der Waals surface area (Å²) < 4.78 is 26.3. The summed E-state index contributed by atoms with van der Waals surface area (Å²) in [6.45, 7) is 3.98. The molecule has 0 atom stereocenters. The van der Waals surface area contributed by atoms with Crippen molar-refractivity contribution < 1.29 is 18.4 Å². The van der Waals surface area contributed by atoms with E-state index in [-0.39, 0.29) is 18.4 Å². The molecule has 0 unspecified atom stereocenters. The Balaban J connectivity index is 2.02. The summed E-state index contributed by atoms with van der Waals surface area (Å²) in [7, 11) is 0. The first-order valence-electron chi connectivity index (χ1n) is 7.34. The summed E-state index contributed by atoms with van der Waals surface area (Å²) in [5, 5.41) is 2.77. The van der Waals surface area contributed by atoms with Crippen LogP contribution in [0, 0.1) is 11.6 Å². The van der Waals surface area contributed by atoms with Gasteiger partial charge in [0, 0.05) is 13.0 Å². The molecule has 0 aromatic heterocycles. The molecule has 0 spiro atoms. The largest absolute Gasteiger partial charge is 0.346 e. The van der Waals surface area contributed by atoms with E-state index in [1.165, 1.54) is 11.0 Å². The second-order valence-corrected chi connectivity index (χ2v) is 6.07. The highest BCUT2D eigenvalue weighted by Gasteiger charge is 2.26. The average molecular weight is 310 g/mol. The summed E-state index contributed by atoms with van der Waals surface area (Å²) in [6.07, 6.45) is 2.22. The third-order valence-electron chi connectivity index (χ3n) is 3.85. The van der Waals surface area contributed by atoms with Crippen molar-refractivity contribution in [3.8, 4) is 0 Å².